The number of carbonyl (C=O) groups is 1. The zero-order valence-corrected chi connectivity index (χ0v) is 17.5. The van der Waals surface area contributed by atoms with E-state index in [-0.39, 0.29) is 5.91 Å². The third-order valence-corrected chi connectivity index (χ3v) is 6.01. The van der Waals surface area contributed by atoms with E-state index < -0.39 is 0 Å². The van der Waals surface area contributed by atoms with Gasteiger partial charge in [-0.05, 0) is 37.3 Å². The van der Waals surface area contributed by atoms with Crippen LogP contribution in [0, 0.1) is 6.92 Å². The number of nitrogens with zero attached hydrogens (tertiary/aromatic N) is 3. The third-order valence-electron chi connectivity index (χ3n) is 4.00. The van der Waals surface area contributed by atoms with Crippen molar-refractivity contribution in [3.8, 4) is 5.13 Å². The molecule has 0 unspecified atom stereocenters. The number of amides is 1. The average Bonchev–Trinajstić information content (AvgIpc) is 3.24. The third kappa shape index (κ3) is 3.95. The number of benzene rings is 2. The lowest BCUT2D eigenvalue weighted by atomic mass is 10.2. The van der Waals surface area contributed by atoms with Crippen molar-refractivity contribution in [3.05, 3.63) is 65.9 Å². The van der Waals surface area contributed by atoms with Crippen LogP contribution in [0.4, 0.5) is 5.82 Å². The van der Waals surface area contributed by atoms with Crippen molar-refractivity contribution < 1.29 is 4.79 Å². The fourth-order valence-electron chi connectivity index (χ4n) is 2.86. The first-order valence-electron chi connectivity index (χ1n) is 9.00. The molecule has 1 N–H and O–H groups in total. The predicted octanol–water partition coefficient (Wildman–Crippen LogP) is 5.54. The second-order valence-corrected chi connectivity index (χ2v) is 9.35. The molecule has 0 aliphatic rings. The Labute approximate surface area is 171 Å². The van der Waals surface area contributed by atoms with Gasteiger partial charge in [0.15, 0.2) is 0 Å². The number of rotatable bonds is 5. The Morgan fingerprint density at radius 1 is 1.14 bits per heavy atom. The minimum absolute atomic E-state index is 0.159. The second-order valence-electron chi connectivity index (χ2n) is 6.70. The van der Waals surface area contributed by atoms with Crippen LogP contribution < -0.4 is 5.32 Å². The number of hydrogen-bond donors (Lipinski definition) is 1. The quantitative estimate of drug-likeness (QED) is 0.440. The summed E-state index contributed by atoms with van der Waals surface area (Å²) in [6.45, 7) is 6.17. The van der Waals surface area contributed by atoms with Crippen LogP contribution in [-0.4, -0.2) is 25.9 Å². The molecule has 28 heavy (non-hydrogen) atoms. The second kappa shape index (κ2) is 7.77. The van der Waals surface area contributed by atoms with Gasteiger partial charge in [0.2, 0.25) is 5.13 Å². The van der Waals surface area contributed by atoms with E-state index in [0.29, 0.717) is 16.6 Å². The zero-order chi connectivity index (χ0) is 19.7. The molecule has 2 aromatic heterocycles. The molecule has 4 aromatic rings. The van der Waals surface area contributed by atoms with Gasteiger partial charge in [0.1, 0.15) is 5.82 Å². The maximum Gasteiger partial charge on any atom is 0.256 e. The van der Waals surface area contributed by atoms with Crippen LogP contribution in [0.2, 0.25) is 0 Å². The van der Waals surface area contributed by atoms with Gasteiger partial charge in [-0.25, -0.2) is 4.98 Å². The number of anilines is 1. The molecule has 0 aliphatic heterocycles. The Morgan fingerprint density at radius 3 is 2.75 bits per heavy atom. The monoisotopic (exact) mass is 408 g/mol. The molecule has 4 rings (SSSR count). The van der Waals surface area contributed by atoms with E-state index in [1.807, 2.05) is 61.5 Å². The normalized spacial score (nSPS) is 11.3. The highest BCUT2D eigenvalue weighted by molar-refractivity contribution is 7.99. The van der Waals surface area contributed by atoms with Crippen molar-refractivity contribution in [2.75, 3.05) is 5.32 Å². The molecular formula is C21H20N4OS2. The van der Waals surface area contributed by atoms with E-state index >= 15 is 0 Å². The number of aromatic nitrogens is 3. The first kappa shape index (κ1) is 18.7. The minimum atomic E-state index is -0.159. The Hall–Kier alpha value is -2.64. The highest BCUT2D eigenvalue weighted by Crippen LogP contribution is 2.28. The van der Waals surface area contributed by atoms with Gasteiger partial charge in [-0.2, -0.15) is 9.78 Å². The molecule has 2 heterocycles. The molecule has 0 bridgehead atoms. The summed E-state index contributed by atoms with van der Waals surface area (Å²) in [5.41, 5.74) is 2.37. The summed E-state index contributed by atoms with van der Waals surface area (Å²) >= 11 is 3.28. The SMILES string of the molecule is Cc1cc(NC(=O)c2cccc(SC(C)C)c2)n(-c2nc3ccccc3s2)n1. The summed E-state index contributed by atoms with van der Waals surface area (Å²) in [4.78, 5) is 18.6. The predicted molar refractivity (Wildman–Crippen MR) is 117 cm³/mol. The number of fused-ring (bicyclic) bond motifs is 1. The summed E-state index contributed by atoms with van der Waals surface area (Å²) < 4.78 is 2.78. The summed E-state index contributed by atoms with van der Waals surface area (Å²) in [5.74, 6) is 0.455. The topological polar surface area (TPSA) is 59.8 Å². The molecule has 0 atom stereocenters. The number of para-hydroxylation sites is 1. The molecule has 1 amide bonds. The molecule has 0 radical (unpaired) electrons. The fourth-order valence-corrected chi connectivity index (χ4v) is 4.68. The molecule has 0 spiro atoms. The molecule has 5 nitrogen and oxygen atoms in total. The van der Waals surface area contributed by atoms with Crippen LogP contribution in [0.25, 0.3) is 15.3 Å². The standard InChI is InChI=1S/C21H20N4OS2/c1-13(2)27-16-8-6-7-15(12-16)20(26)23-19-11-14(3)24-25(19)21-22-17-9-4-5-10-18(17)28-21/h4-13H,1-3H3,(H,23,26). The van der Waals surface area contributed by atoms with E-state index in [9.17, 15) is 4.79 Å². The van der Waals surface area contributed by atoms with Crippen LogP contribution in [0.1, 0.15) is 29.9 Å². The van der Waals surface area contributed by atoms with Gasteiger partial charge in [0, 0.05) is 21.8 Å². The highest BCUT2D eigenvalue weighted by Gasteiger charge is 2.15. The summed E-state index contributed by atoms with van der Waals surface area (Å²) in [6.07, 6.45) is 0. The number of hydrogen-bond acceptors (Lipinski definition) is 5. The number of thiazole rings is 1. The van der Waals surface area contributed by atoms with Crippen LogP contribution in [0.3, 0.4) is 0 Å². The Kier molecular flexibility index (Phi) is 5.19. The lowest BCUT2D eigenvalue weighted by molar-refractivity contribution is 0.102. The van der Waals surface area contributed by atoms with Gasteiger partial charge in [0.05, 0.1) is 15.9 Å². The van der Waals surface area contributed by atoms with Crippen LogP contribution >= 0.6 is 23.1 Å². The maximum atomic E-state index is 12.8. The van der Waals surface area contributed by atoms with Crippen molar-refractivity contribution in [2.24, 2.45) is 0 Å². The van der Waals surface area contributed by atoms with Gasteiger partial charge in [-0.15, -0.1) is 11.8 Å². The van der Waals surface area contributed by atoms with E-state index in [2.05, 4.69) is 29.2 Å². The minimum Gasteiger partial charge on any atom is -0.306 e. The smallest absolute Gasteiger partial charge is 0.256 e. The number of carbonyl (C=O) groups excluding carboxylic acids is 1. The largest absolute Gasteiger partial charge is 0.306 e. The highest BCUT2D eigenvalue weighted by atomic mass is 32.2. The molecule has 0 saturated carbocycles. The molecule has 2 aromatic carbocycles. The van der Waals surface area contributed by atoms with Gasteiger partial charge >= 0.3 is 0 Å². The van der Waals surface area contributed by atoms with E-state index in [0.717, 1.165) is 25.9 Å². The first-order valence-corrected chi connectivity index (χ1v) is 10.7. The molecule has 0 aliphatic carbocycles. The molecule has 7 heteroatoms. The molecular weight excluding hydrogens is 388 g/mol. The van der Waals surface area contributed by atoms with Crippen LogP contribution in [0.5, 0.6) is 0 Å². The molecule has 0 saturated heterocycles. The van der Waals surface area contributed by atoms with E-state index in [1.54, 1.807) is 27.8 Å². The number of aryl methyl sites for hydroxylation is 1. The van der Waals surface area contributed by atoms with E-state index in [1.165, 1.54) is 0 Å². The van der Waals surface area contributed by atoms with Gasteiger partial charge in [-0.3, -0.25) is 4.79 Å². The van der Waals surface area contributed by atoms with E-state index in [4.69, 9.17) is 0 Å². The van der Waals surface area contributed by atoms with Gasteiger partial charge in [-0.1, -0.05) is 43.4 Å². The van der Waals surface area contributed by atoms with Crippen molar-refractivity contribution in [1.82, 2.24) is 14.8 Å². The fraction of sp³-hybridized carbons (Fsp3) is 0.190. The van der Waals surface area contributed by atoms with Crippen molar-refractivity contribution in [1.29, 1.82) is 0 Å². The molecule has 0 fully saturated rings. The average molecular weight is 409 g/mol. The summed E-state index contributed by atoms with van der Waals surface area (Å²) in [6, 6.07) is 17.5. The van der Waals surface area contributed by atoms with Crippen LogP contribution in [0.15, 0.2) is 59.5 Å². The number of thioether (sulfide) groups is 1. The Bertz CT molecular complexity index is 1110. The Morgan fingerprint density at radius 2 is 1.96 bits per heavy atom. The maximum absolute atomic E-state index is 12.8. The van der Waals surface area contributed by atoms with Crippen LogP contribution in [-0.2, 0) is 0 Å². The first-order chi connectivity index (χ1) is 13.5. The lowest BCUT2D eigenvalue weighted by Crippen LogP contribution is -2.15. The van der Waals surface area contributed by atoms with Gasteiger partial charge < -0.3 is 5.32 Å². The number of nitrogens with one attached hydrogen (secondary N) is 1. The van der Waals surface area contributed by atoms with Crippen molar-refractivity contribution >= 4 is 45.0 Å². The Balaban J connectivity index is 1.63. The zero-order valence-electron chi connectivity index (χ0n) is 15.8. The molecule has 142 valence electrons. The summed E-state index contributed by atoms with van der Waals surface area (Å²) in [5, 5.41) is 8.71. The van der Waals surface area contributed by atoms with Crippen molar-refractivity contribution in [2.45, 2.75) is 30.9 Å². The van der Waals surface area contributed by atoms with Crippen molar-refractivity contribution in [3.63, 3.8) is 0 Å². The summed E-state index contributed by atoms with van der Waals surface area (Å²) in [7, 11) is 0. The lowest BCUT2D eigenvalue weighted by Gasteiger charge is -2.09. The van der Waals surface area contributed by atoms with Gasteiger partial charge in [0.25, 0.3) is 5.91 Å².